The molecule has 0 bridgehead atoms. The van der Waals surface area contributed by atoms with Crippen molar-refractivity contribution in [3.63, 3.8) is 0 Å². The number of aliphatic hydroxyl groups excluding tert-OH is 1. The van der Waals surface area contributed by atoms with Crippen molar-refractivity contribution in [3.05, 3.63) is 107 Å². The SMILES string of the molecule is CC(=O)O.CCN1\C(=C/C=N/N=C(\O)c2ccc(C(=O)OC)cc2)C(C)(Cc2ccccc2)c2cc(OC)ccc21.[Ag]. The molecule has 2 N–H and O–H groups in total. The van der Waals surface area contributed by atoms with Gasteiger partial charge in [-0.3, -0.25) is 4.79 Å². The molecule has 0 spiro atoms. The molecule has 0 saturated carbocycles. The third kappa shape index (κ3) is 8.19. The van der Waals surface area contributed by atoms with Gasteiger partial charge < -0.3 is 24.6 Å². The van der Waals surface area contributed by atoms with E-state index in [1.165, 1.54) is 18.2 Å². The maximum Gasteiger partial charge on any atom is 0.337 e. The normalized spacial score (nSPS) is 16.7. The Hall–Kier alpha value is -4.18. The van der Waals surface area contributed by atoms with E-state index in [-0.39, 0.29) is 33.7 Å². The van der Waals surface area contributed by atoms with E-state index in [2.05, 4.69) is 65.3 Å². The summed E-state index contributed by atoms with van der Waals surface area (Å²) in [6.45, 7) is 6.22. The molecule has 1 aliphatic rings. The number of aliphatic hydroxyl groups is 1. The zero-order valence-corrected chi connectivity index (χ0v) is 25.6. The Morgan fingerprint density at radius 2 is 1.60 bits per heavy atom. The van der Waals surface area contributed by atoms with Crippen molar-refractivity contribution in [1.29, 1.82) is 0 Å². The van der Waals surface area contributed by atoms with Crippen LogP contribution in [-0.4, -0.2) is 55.0 Å². The molecule has 3 aromatic carbocycles. The van der Waals surface area contributed by atoms with E-state index < -0.39 is 11.9 Å². The maximum absolute atomic E-state index is 11.6. The first kappa shape index (κ1) is 34.0. The molecule has 10 heteroatoms. The quantitative estimate of drug-likeness (QED) is 0.103. The average molecular weight is 666 g/mol. The molecule has 0 saturated heterocycles. The van der Waals surface area contributed by atoms with Gasteiger partial charge >= 0.3 is 5.97 Å². The summed E-state index contributed by atoms with van der Waals surface area (Å²) < 4.78 is 10.2. The van der Waals surface area contributed by atoms with Crippen molar-refractivity contribution in [2.45, 2.75) is 32.6 Å². The number of esters is 1. The van der Waals surface area contributed by atoms with Crippen LogP contribution in [0.25, 0.3) is 0 Å². The van der Waals surface area contributed by atoms with Gasteiger partial charge in [-0.25, -0.2) is 4.79 Å². The van der Waals surface area contributed by atoms with Gasteiger partial charge in [0.2, 0.25) is 5.90 Å². The number of ether oxygens (including phenoxy) is 2. The number of aliphatic carboxylic acids is 1. The van der Waals surface area contributed by atoms with E-state index in [0.717, 1.165) is 37.0 Å². The number of carboxylic acid groups (broad SMARTS) is 1. The molecular weight excluding hydrogens is 630 g/mol. The van der Waals surface area contributed by atoms with Crippen molar-refractivity contribution in [1.82, 2.24) is 0 Å². The summed E-state index contributed by atoms with van der Waals surface area (Å²) in [7, 11) is 3.00. The van der Waals surface area contributed by atoms with Crippen LogP contribution in [0.2, 0.25) is 0 Å². The fourth-order valence-electron chi connectivity index (χ4n) is 4.81. The molecule has 1 unspecified atom stereocenters. The molecule has 1 atom stereocenters. The second-order valence-electron chi connectivity index (χ2n) is 9.45. The maximum atomic E-state index is 11.6. The van der Waals surface area contributed by atoms with Crippen molar-refractivity contribution >= 4 is 29.7 Å². The number of benzene rings is 3. The first-order chi connectivity index (χ1) is 19.6. The van der Waals surface area contributed by atoms with Crippen molar-refractivity contribution in [2.75, 3.05) is 25.7 Å². The summed E-state index contributed by atoms with van der Waals surface area (Å²) in [5, 5.41) is 25.9. The Labute approximate surface area is 261 Å². The van der Waals surface area contributed by atoms with E-state index in [0.29, 0.717) is 11.1 Å². The molecule has 42 heavy (non-hydrogen) atoms. The largest absolute Gasteiger partial charge is 0.497 e. The van der Waals surface area contributed by atoms with Crippen LogP contribution < -0.4 is 9.64 Å². The van der Waals surface area contributed by atoms with Gasteiger partial charge in [-0.2, -0.15) is 5.10 Å². The smallest absolute Gasteiger partial charge is 0.337 e. The third-order valence-corrected chi connectivity index (χ3v) is 6.68. The molecule has 9 nitrogen and oxygen atoms in total. The average Bonchev–Trinajstić information content (AvgIpc) is 3.20. The number of hydrogen-bond acceptors (Lipinski definition) is 7. The molecule has 0 amide bonds. The first-order valence-electron chi connectivity index (χ1n) is 13.0. The van der Waals surface area contributed by atoms with Crippen molar-refractivity contribution < 1.29 is 51.7 Å². The Morgan fingerprint density at radius 1 is 0.976 bits per heavy atom. The molecule has 0 fully saturated rings. The Morgan fingerprint density at radius 3 is 2.17 bits per heavy atom. The van der Waals surface area contributed by atoms with Crippen LogP contribution >= 0.6 is 0 Å². The topological polar surface area (TPSA) is 121 Å². The van der Waals surface area contributed by atoms with Gasteiger partial charge in [-0.1, -0.05) is 30.3 Å². The van der Waals surface area contributed by atoms with Crippen LogP contribution in [0.3, 0.4) is 0 Å². The minimum absolute atomic E-state index is 0. The fourth-order valence-corrected chi connectivity index (χ4v) is 4.81. The van der Waals surface area contributed by atoms with E-state index in [1.807, 2.05) is 18.2 Å². The minimum Gasteiger partial charge on any atom is -0.497 e. The summed E-state index contributed by atoms with van der Waals surface area (Å²) in [5.74, 6) is -0.705. The van der Waals surface area contributed by atoms with Crippen molar-refractivity contribution in [3.8, 4) is 5.75 Å². The van der Waals surface area contributed by atoms with Gasteiger partial charge in [0, 0.05) is 58.2 Å². The molecule has 225 valence electrons. The molecule has 1 radical (unpaired) electrons. The zero-order valence-electron chi connectivity index (χ0n) is 24.2. The van der Waals surface area contributed by atoms with Crippen LogP contribution in [-0.2, 0) is 43.7 Å². The number of carbonyl (C=O) groups is 2. The number of methoxy groups -OCH3 is 2. The van der Waals surface area contributed by atoms with Gasteiger partial charge in [0.15, 0.2) is 0 Å². The van der Waals surface area contributed by atoms with Crippen LogP contribution in [0.1, 0.15) is 47.8 Å². The van der Waals surface area contributed by atoms with E-state index >= 15 is 0 Å². The first-order valence-corrected chi connectivity index (χ1v) is 13.0. The Bertz CT molecular complexity index is 1450. The van der Waals surface area contributed by atoms with Gasteiger partial charge in [-0.15, -0.1) is 5.10 Å². The summed E-state index contributed by atoms with van der Waals surface area (Å²) in [6, 6.07) is 22.9. The van der Waals surface area contributed by atoms with E-state index in [9.17, 15) is 9.90 Å². The van der Waals surface area contributed by atoms with Crippen LogP contribution in [0, 0.1) is 0 Å². The number of anilines is 1. The van der Waals surface area contributed by atoms with Crippen molar-refractivity contribution in [2.24, 2.45) is 10.2 Å². The molecule has 0 aliphatic carbocycles. The molecular formula is C32H35AgN3O6. The van der Waals surface area contributed by atoms with Gasteiger partial charge in [-0.05, 0) is 79.9 Å². The number of likely N-dealkylation sites (N-methyl/N-ethyl adjacent to an activating group) is 1. The Balaban J connectivity index is 0.00000116. The number of hydrogen-bond donors (Lipinski definition) is 2. The molecule has 0 aromatic heterocycles. The number of fused-ring (bicyclic) bond motifs is 1. The van der Waals surface area contributed by atoms with E-state index in [1.54, 1.807) is 37.6 Å². The third-order valence-electron chi connectivity index (χ3n) is 6.68. The van der Waals surface area contributed by atoms with Crippen LogP contribution in [0.4, 0.5) is 5.69 Å². The summed E-state index contributed by atoms with van der Waals surface area (Å²) >= 11 is 0. The standard InChI is InChI=1S/C30H31N3O4.C2H4O2.Ag/c1-5-33-26-16-15-24(36-3)19-25(26)30(2,20-21-9-7-6-8-10-21)27(33)17-18-31-32-28(34)22-11-13-23(14-12-22)29(35)37-4;1-2(3)4;/h6-19H,5,20H2,1-4H3,(H,32,34);1H3,(H,3,4);/b27-17-,31-18+;;. The summed E-state index contributed by atoms with van der Waals surface area (Å²) in [6.07, 6.45) is 4.35. The minimum atomic E-state index is -0.833. The number of nitrogens with zero attached hydrogens (tertiary/aromatic N) is 3. The van der Waals surface area contributed by atoms with Gasteiger partial charge in [0.1, 0.15) is 5.75 Å². The second-order valence-corrected chi connectivity index (χ2v) is 9.45. The summed E-state index contributed by atoms with van der Waals surface area (Å²) in [4.78, 5) is 22.9. The molecule has 3 aromatic rings. The summed E-state index contributed by atoms with van der Waals surface area (Å²) in [5.41, 5.74) is 5.15. The molecule has 4 rings (SSSR count). The zero-order chi connectivity index (χ0) is 30.0. The Kier molecular flexibility index (Phi) is 12.7. The second kappa shape index (κ2) is 15.7. The van der Waals surface area contributed by atoms with Crippen LogP contribution in [0.5, 0.6) is 5.75 Å². The van der Waals surface area contributed by atoms with E-state index in [4.69, 9.17) is 19.4 Å². The fraction of sp³-hybridized carbons (Fsp3) is 0.250. The van der Waals surface area contributed by atoms with Gasteiger partial charge in [0.05, 0.1) is 26.0 Å². The number of allylic oxidation sites excluding steroid dienone is 2. The number of carbonyl (C=O) groups excluding carboxylic acids is 1. The molecule has 1 heterocycles. The van der Waals surface area contributed by atoms with Gasteiger partial charge in [0.25, 0.3) is 5.97 Å². The molecule has 1 aliphatic heterocycles. The monoisotopic (exact) mass is 664 g/mol. The number of rotatable bonds is 8. The van der Waals surface area contributed by atoms with Crippen LogP contribution in [0.15, 0.2) is 94.8 Å². The predicted octanol–water partition coefficient (Wildman–Crippen LogP) is 5.79. The number of carboxylic acids is 1. The predicted molar refractivity (Wildman–Crippen MR) is 160 cm³/mol.